The van der Waals surface area contributed by atoms with Gasteiger partial charge in [-0.25, -0.2) is 0 Å². The third-order valence-corrected chi connectivity index (χ3v) is 5.99. The summed E-state index contributed by atoms with van der Waals surface area (Å²) in [5.74, 6) is 1.82. The molecule has 0 radical (unpaired) electrons. The molecular formula is C21H32N2O3. The van der Waals surface area contributed by atoms with Crippen LogP contribution in [0.25, 0.3) is 0 Å². The van der Waals surface area contributed by atoms with E-state index in [9.17, 15) is 4.79 Å². The molecule has 2 fully saturated rings. The molecular weight excluding hydrogens is 328 g/mol. The normalized spacial score (nSPS) is 19.9. The number of amides is 1. The fourth-order valence-electron chi connectivity index (χ4n) is 4.50. The van der Waals surface area contributed by atoms with Gasteiger partial charge in [-0.2, -0.15) is 0 Å². The van der Waals surface area contributed by atoms with Gasteiger partial charge in [0.25, 0.3) is 0 Å². The van der Waals surface area contributed by atoms with Gasteiger partial charge < -0.3 is 14.8 Å². The van der Waals surface area contributed by atoms with Crippen molar-refractivity contribution in [2.75, 3.05) is 33.9 Å². The van der Waals surface area contributed by atoms with E-state index < -0.39 is 0 Å². The molecule has 1 aromatic carbocycles. The number of hydrogen-bond donors (Lipinski definition) is 1. The third kappa shape index (κ3) is 3.98. The van der Waals surface area contributed by atoms with Crippen molar-refractivity contribution in [3.63, 3.8) is 0 Å². The predicted octanol–water partition coefficient (Wildman–Crippen LogP) is 3.16. The maximum absolute atomic E-state index is 13.1. The molecule has 1 saturated carbocycles. The Morgan fingerprint density at radius 3 is 2.46 bits per heavy atom. The van der Waals surface area contributed by atoms with Crippen molar-refractivity contribution < 1.29 is 14.3 Å². The molecule has 2 aliphatic rings. The molecule has 0 unspecified atom stereocenters. The van der Waals surface area contributed by atoms with Gasteiger partial charge in [0.15, 0.2) is 0 Å². The molecule has 1 N–H and O–H groups in total. The number of carbonyl (C=O) groups excluding carboxylic acids is 1. The Kier molecular flexibility index (Phi) is 6.41. The van der Waals surface area contributed by atoms with E-state index in [0.29, 0.717) is 6.54 Å². The van der Waals surface area contributed by atoms with Crippen LogP contribution >= 0.6 is 0 Å². The maximum atomic E-state index is 13.1. The molecule has 5 heteroatoms. The second kappa shape index (κ2) is 8.76. The van der Waals surface area contributed by atoms with E-state index in [0.717, 1.165) is 62.3 Å². The first-order chi connectivity index (χ1) is 12.7. The van der Waals surface area contributed by atoms with Crippen LogP contribution in [0.15, 0.2) is 18.2 Å². The van der Waals surface area contributed by atoms with Gasteiger partial charge in [0.05, 0.1) is 14.2 Å². The van der Waals surface area contributed by atoms with Crippen molar-refractivity contribution in [1.29, 1.82) is 0 Å². The van der Waals surface area contributed by atoms with Crippen molar-refractivity contribution >= 4 is 5.91 Å². The molecule has 1 aliphatic carbocycles. The van der Waals surface area contributed by atoms with Crippen molar-refractivity contribution in [3.8, 4) is 11.5 Å². The molecule has 0 aromatic heterocycles. The molecule has 1 amide bonds. The zero-order chi connectivity index (χ0) is 18.4. The molecule has 1 aliphatic heterocycles. The Labute approximate surface area is 157 Å². The number of ether oxygens (including phenoxy) is 2. The summed E-state index contributed by atoms with van der Waals surface area (Å²) in [5, 5.41) is 3.23. The summed E-state index contributed by atoms with van der Waals surface area (Å²) in [7, 11) is 3.32. The summed E-state index contributed by atoms with van der Waals surface area (Å²) in [6.07, 6.45) is 8.79. The fourth-order valence-corrected chi connectivity index (χ4v) is 4.50. The van der Waals surface area contributed by atoms with Gasteiger partial charge in [0.1, 0.15) is 17.0 Å². The highest BCUT2D eigenvalue weighted by Crippen LogP contribution is 2.36. The quantitative estimate of drug-likeness (QED) is 0.811. The highest BCUT2D eigenvalue weighted by atomic mass is 16.5. The smallest absolute Gasteiger partial charge is 0.240 e. The molecule has 1 heterocycles. The molecule has 0 atom stereocenters. The van der Waals surface area contributed by atoms with Crippen LogP contribution in [0, 0.1) is 0 Å². The van der Waals surface area contributed by atoms with Crippen LogP contribution in [-0.4, -0.2) is 50.2 Å². The zero-order valence-electron chi connectivity index (χ0n) is 16.2. The van der Waals surface area contributed by atoms with Gasteiger partial charge in [0.2, 0.25) is 5.91 Å². The van der Waals surface area contributed by atoms with Gasteiger partial charge >= 0.3 is 0 Å². The summed E-state index contributed by atoms with van der Waals surface area (Å²) in [6.45, 7) is 2.77. The Bertz CT molecular complexity index is 605. The first-order valence-corrected chi connectivity index (χ1v) is 9.94. The molecule has 144 valence electrons. The van der Waals surface area contributed by atoms with E-state index in [1.165, 1.54) is 19.3 Å². The van der Waals surface area contributed by atoms with Crippen LogP contribution in [0.5, 0.6) is 11.5 Å². The fraction of sp³-hybridized carbons (Fsp3) is 0.667. The van der Waals surface area contributed by atoms with Crippen molar-refractivity contribution in [1.82, 2.24) is 10.2 Å². The lowest BCUT2D eigenvalue weighted by Crippen LogP contribution is -2.59. The number of rotatable bonds is 7. The van der Waals surface area contributed by atoms with E-state index in [1.807, 2.05) is 18.2 Å². The number of carbonyl (C=O) groups is 1. The van der Waals surface area contributed by atoms with Gasteiger partial charge in [0, 0.05) is 12.6 Å². The molecule has 5 nitrogen and oxygen atoms in total. The Morgan fingerprint density at radius 2 is 1.81 bits per heavy atom. The SMILES string of the molecule is COc1ccc(CCNC(=O)C2(N3CCCC3)CCCCC2)c(OC)c1. The number of nitrogens with zero attached hydrogens (tertiary/aromatic N) is 1. The van der Waals surface area contributed by atoms with Gasteiger partial charge in [-0.1, -0.05) is 25.3 Å². The molecule has 0 bridgehead atoms. The summed E-state index contributed by atoms with van der Waals surface area (Å²) in [6, 6.07) is 5.84. The Balaban J connectivity index is 1.62. The van der Waals surface area contributed by atoms with Crippen LogP contribution < -0.4 is 14.8 Å². The molecule has 0 spiro atoms. The number of likely N-dealkylation sites (tertiary alicyclic amines) is 1. The van der Waals surface area contributed by atoms with Crippen molar-refractivity contribution in [2.45, 2.75) is 56.9 Å². The van der Waals surface area contributed by atoms with E-state index >= 15 is 0 Å². The molecule has 3 rings (SSSR count). The highest BCUT2D eigenvalue weighted by molar-refractivity contribution is 5.86. The summed E-state index contributed by atoms with van der Waals surface area (Å²) in [4.78, 5) is 15.6. The van der Waals surface area contributed by atoms with Crippen LogP contribution in [0.3, 0.4) is 0 Å². The summed E-state index contributed by atoms with van der Waals surface area (Å²) >= 11 is 0. The largest absolute Gasteiger partial charge is 0.497 e. The Hall–Kier alpha value is -1.75. The van der Waals surface area contributed by atoms with E-state index in [-0.39, 0.29) is 11.4 Å². The van der Waals surface area contributed by atoms with Crippen molar-refractivity contribution in [2.24, 2.45) is 0 Å². The standard InChI is InChI=1S/C21H32N2O3/c1-25-18-9-8-17(19(16-18)26-2)10-13-22-20(24)21(11-4-3-5-12-21)23-14-6-7-15-23/h8-9,16H,3-7,10-15H2,1-2H3,(H,22,24). The number of benzene rings is 1. The molecule has 26 heavy (non-hydrogen) atoms. The number of methoxy groups -OCH3 is 2. The second-order valence-corrected chi connectivity index (χ2v) is 7.47. The predicted molar refractivity (Wildman–Crippen MR) is 103 cm³/mol. The van der Waals surface area contributed by atoms with E-state index in [4.69, 9.17) is 9.47 Å². The van der Waals surface area contributed by atoms with Gasteiger partial charge in [-0.05, 0) is 56.8 Å². The topological polar surface area (TPSA) is 50.8 Å². The van der Waals surface area contributed by atoms with Crippen LogP contribution in [-0.2, 0) is 11.2 Å². The second-order valence-electron chi connectivity index (χ2n) is 7.47. The zero-order valence-corrected chi connectivity index (χ0v) is 16.2. The lowest BCUT2D eigenvalue weighted by Gasteiger charge is -2.43. The van der Waals surface area contributed by atoms with Crippen LogP contribution in [0.1, 0.15) is 50.5 Å². The van der Waals surface area contributed by atoms with Crippen LogP contribution in [0.2, 0.25) is 0 Å². The lowest BCUT2D eigenvalue weighted by molar-refractivity contribution is -0.135. The maximum Gasteiger partial charge on any atom is 0.240 e. The number of hydrogen-bond acceptors (Lipinski definition) is 4. The third-order valence-electron chi connectivity index (χ3n) is 5.99. The minimum absolute atomic E-state index is 0.228. The van der Waals surface area contributed by atoms with Gasteiger partial charge in [-0.15, -0.1) is 0 Å². The average molecular weight is 360 g/mol. The number of nitrogens with one attached hydrogen (secondary N) is 1. The molecule has 1 saturated heterocycles. The minimum atomic E-state index is -0.265. The van der Waals surface area contributed by atoms with Crippen LogP contribution in [0.4, 0.5) is 0 Å². The van der Waals surface area contributed by atoms with E-state index in [1.54, 1.807) is 14.2 Å². The molecule has 1 aromatic rings. The minimum Gasteiger partial charge on any atom is -0.497 e. The lowest BCUT2D eigenvalue weighted by atomic mass is 9.79. The average Bonchev–Trinajstić information content (AvgIpc) is 3.24. The van der Waals surface area contributed by atoms with E-state index in [2.05, 4.69) is 10.2 Å². The first kappa shape index (κ1) is 19.0. The van der Waals surface area contributed by atoms with Crippen molar-refractivity contribution in [3.05, 3.63) is 23.8 Å². The highest BCUT2D eigenvalue weighted by Gasteiger charge is 2.45. The Morgan fingerprint density at radius 1 is 1.08 bits per heavy atom. The monoisotopic (exact) mass is 360 g/mol. The van der Waals surface area contributed by atoms with Gasteiger partial charge in [-0.3, -0.25) is 9.69 Å². The first-order valence-electron chi connectivity index (χ1n) is 9.94. The summed E-state index contributed by atoms with van der Waals surface area (Å²) < 4.78 is 10.7. The summed E-state index contributed by atoms with van der Waals surface area (Å²) in [5.41, 5.74) is 0.825.